The van der Waals surface area contributed by atoms with Crippen LogP contribution in [0, 0.1) is 0 Å². The van der Waals surface area contributed by atoms with Gasteiger partial charge in [-0.25, -0.2) is 0 Å². The first kappa shape index (κ1) is 11.7. The van der Waals surface area contributed by atoms with Gasteiger partial charge in [0.1, 0.15) is 5.69 Å². The Morgan fingerprint density at radius 2 is 2.40 bits per heavy atom. The summed E-state index contributed by atoms with van der Waals surface area (Å²) < 4.78 is 1.74. The van der Waals surface area contributed by atoms with Gasteiger partial charge in [0.2, 0.25) is 0 Å². The molecule has 0 unspecified atom stereocenters. The molecule has 0 saturated heterocycles. The molecule has 5 heteroatoms. The molecule has 3 N–H and O–H groups in total. The summed E-state index contributed by atoms with van der Waals surface area (Å²) in [5.74, 6) is -0.478. The smallest absolute Gasteiger partial charge is 0.269 e. The van der Waals surface area contributed by atoms with Crippen molar-refractivity contribution in [3.05, 3.63) is 18.0 Å². The van der Waals surface area contributed by atoms with E-state index >= 15 is 0 Å². The molecule has 1 heterocycles. The highest BCUT2D eigenvalue weighted by atomic mass is 16.1. The van der Waals surface area contributed by atoms with E-state index in [4.69, 9.17) is 5.73 Å². The number of amides is 1. The minimum atomic E-state index is -0.478. The number of nitrogens with one attached hydrogen (secondary N) is 1. The molecule has 84 valence electrons. The molecule has 0 atom stereocenters. The van der Waals surface area contributed by atoms with Crippen molar-refractivity contribution in [3.63, 3.8) is 0 Å². The number of carbonyl (C=O) groups is 1. The summed E-state index contributed by atoms with van der Waals surface area (Å²) in [5.41, 5.74) is 5.42. The molecular weight excluding hydrogens is 192 g/mol. The third-order valence-electron chi connectivity index (χ3n) is 2.01. The summed E-state index contributed by atoms with van der Waals surface area (Å²) in [6, 6.07) is 2.14. The normalized spacial score (nSPS) is 10.9. The lowest BCUT2D eigenvalue weighted by Gasteiger charge is -2.07. The van der Waals surface area contributed by atoms with Crippen LogP contribution in [0.15, 0.2) is 12.3 Å². The Kier molecular flexibility index (Phi) is 4.30. The van der Waals surface area contributed by atoms with Gasteiger partial charge in [-0.15, -0.1) is 0 Å². The Balaban J connectivity index is 2.29. The maximum atomic E-state index is 10.8. The monoisotopic (exact) mass is 210 g/mol. The zero-order chi connectivity index (χ0) is 11.3. The first-order chi connectivity index (χ1) is 7.09. The van der Waals surface area contributed by atoms with E-state index < -0.39 is 5.91 Å². The highest BCUT2D eigenvalue weighted by Gasteiger charge is 2.03. The number of aryl methyl sites for hydroxylation is 1. The van der Waals surface area contributed by atoms with Gasteiger partial charge in [0.15, 0.2) is 0 Å². The van der Waals surface area contributed by atoms with E-state index in [1.165, 1.54) is 0 Å². The minimum absolute atomic E-state index is 0.326. The molecule has 0 saturated carbocycles. The molecule has 15 heavy (non-hydrogen) atoms. The fraction of sp³-hybridized carbons (Fsp3) is 0.600. The maximum Gasteiger partial charge on any atom is 0.269 e. The maximum absolute atomic E-state index is 10.8. The van der Waals surface area contributed by atoms with E-state index in [-0.39, 0.29) is 0 Å². The predicted molar refractivity (Wildman–Crippen MR) is 58.5 cm³/mol. The average Bonchev–Trinajstić information content (AvgIpc) is 2.60. The quantitative estimate of drug-likeness (QED) is 0.666. The topological polar surface area (TPSA) is 72.9 Å². The number of rotatable bonds is 6. The molecule has 1 amide bonds. The number of primary amides is 1. The molecule has 0 aliphatic rings. The Hall–Kier alpha value is -1.36. The first-order valence-electron chi connectivity index (χ1n) is 5.16. The number of aromatic nitrogens is 2. The van der Waals surface area contributed by atoms with Crippen LogP contribution in [-0.4, -0.2) is 28.3 Å². The summed E-state index contributed by atoms with van der Waals surface area (Å²) in [4.78, 5) is 10.8. The van der Waals surface area contributed by atoms with Crippen LogP contribution in [0.25, 0.3) is 0 Å². The number of nitrogens with two attached hydrogens (primary N) is 1. The third-order valence-corrected chi connectivity index (χ3v) is 2.01. The van der Waals surface area contributed by atoms with Crippen LogP contribution in [0.4, 0.5) is 0 Å². The van der Waals surface area contributed by atoms with Gasteiger partial charge in [-0.05, 0) is 19.0 Å². The molecular formula is C10H18N4O. The van der Waals surface area contributed by atoms with E-state index in [0.29, 0.717) is 11.7 Å². The molecule has 0 aromatic carbocycles. The lowest BCUT2D eigenvalue weighted by molar-refractivity contribution is 0.0994. The van der Waals surface area contributed by atoms with Crippen molar-refractivity contribution < 1.29 is 4.79 Å². The van der Waals surface area contributed by atoms with Crippen LogP contribution >= 0.6 is 0 Å². The Morgan fingerprint density at radius 3 is 2.93 bits per heavy atom. The molecule has 5 nitrogen and oxygen atoms in total. The van der Waals surface area contributed by atoms with Crippen LogP contribution in [-0.2, 0) is 6.54 Å². The van der Waals surface area contributed by atoms with E-state index in [1.807, 2.05) is 0 Å². The van der Waals surface area contributed by atoms with Crippen molar-refractivity contribution >= 4 is 5.91 Å². The first-order valence-corrected chi connectivity index (χ1v) is 5.16. The second-order valence-corrected chi connectivity index (χ2v) is 3.79. The highest BCUT2D eigenvalue weighted by molar-refractivity contribution is 5.90. The second kappa shape index (κ2) is 5.50. The number of hydrogen-bond donors (Lipinski definition) is 2. The van der Waals surface area contributed by atoms with E-state index in [1.54, 1.807) is 16.9 Å². The zero-order valence-electron chi connectivity index (χ0n) is 9.23. The second-order valence-electron chi connectivity index (χ2n) is 3.79. The molecule has 1 rings (SSSR count). The van der Waals surface area contributed by atoms with Crippen LogP contribution in [0.3, 0.4) is 0 Å². The van der Waals surface area contributed by atoms with Crippen LogP contribution in [0.5, 0.6) is 0 Å². The summed E-state index contributed by atoms with van der Waals surface area (Å²) >= 11 is 0. The van der Waals surface area contributed by atoms with E-state index in [2.05, 4.69) is 24.3 Å². The molecule has 0 spiro atoms. The Bertz CT molecular complexity index is 319. The zero-order valence-corrected chi connectivity index (χ0v) is 9.23. The molecule has 1 aromatic rings. The van der Waals surface area contributed by atoms with Crippen molar-refractivity contribution in [2.24, 2.45) is 5.73 Å². The van der Waals surface area contributed by atoms with Crippen molar-refractivity contribution in [2.45, 2.75) is 32.9 Å². The molecule has 0 aliphatic heterocycles. The molecule has 0 radical (unpaired) electrons. The fourth-order valence-electron chi connectivity index (χ4n) is 1.25. The lowest BCUT2D eigenvalue weighted by Crippen LogP contribution is -2.24. The third kappa shape index (κ3) is 4.12. The van der Waals surface area contributed by atoms with Gasteiger partial charge in [0, 0.05) is 18.8 Å². The summed E-state index contributed by atoms with van der Waals surface area (Å²) in [7, 11) is 0. The predicted octanol–water partition coefficient (Wildman–Crippen LogP) is 0.370. The average molecular weight is 210 g/mol. The lowest BCUT2D eigenvalue weighted by atomic mass is 10.3. The van der Waals surface area contributed by atoms with Crippen molar-refractivity contribution in [2.75, 3.05) is 6.54 Å². The number of carbonyl (C=O) groups excluding carboxylic acids is 1. The molecule has 0 fully saturated rings. The summed E-state index contributed by atoms with van der Waals surface area (Å²) in [6.07, 6.45) is 2.76. The Morgan fingerprint density at radius 1 is 1.67 bits per heavy atom. The van der Waals surface area contributed by atoms with Crippen LogP contribution in [0.1, 0.15) is 30.8 Å². The highest BCUT2D eigenvalue weighted by Crippen LogP contribution is 1.95. The van der Waals surface area contributed by atoms with Gasteiger partial charge in [0.05, 0.1) is 0 Å². The van der Waals surface area contributed by atoms with Gasteiger partial charge >= 0.3 is 0 Å². The molecule has 1 aromatic heterocycles. The summed E-state index contributed by atoms with van der Waals surface area (Å²) in [5, 5.41) is 7.35. The van der Waals surface area contributed by atoms with Crippen LogP contribution < -0.4 is 11.1 Å². The van der Waals surface area contributed by atoms with Crippen molar-refractivity contribution in [3.8, 4) is 0 Å². The Labute approximate surface area is 89.6 Å². The minimum Gasteiger partial charge on any atom is -0.364 e. The standard InChI is InChI=1S/C10H18N4O/c1-8(2)12-5-3-6-14-7-4-9(13-14)10(11)15/h4,7-8,12H,3,5-6H2,1-2H3,(H2,11,15). The number of nitrogens with zero attached hydrogens (tertiary/aromatic N) is 2. The van der Waals surface area contributed by atoms with Gasteiger partial charge in [-0.3, -0.25) is 9.48 Å². The fourth-order valence-corrected chi connectivity index (χ4v) is 1.25. The van der Waals surface area contributed by atoms with Crippen molar-refractivity contribution in [1.29, 1.82) is 0 Å². The van der Waals surface area contributed by atoms with Gasteiger partial charge in [-0.2, -0.15) is 5.10 Å². The van der Waals surface area contributed by atoms with Crippen LogP contribution in [0.2, 0.25) is 0 Å². The van der Waals surface area contributed by atoms with Crippen molar-refractivity contribution in [1.82, 2.24) is 15.1 Å². The number of hydrogen-bond acceptors (Lipinski definition) is 3. The largest absolute Gasteiger partial charge is 0.364 e. The SMILES string of the molecule is CC(C)NCCCn1ccc(C(N)=O)n1. The van der Waals surface area contributed by atoms with E-state index in [9.17, 15) is 4.79 Å². The molecule has 0 bridgehead atoms. The molecule has 0 aliphatic carbocycles. The van der Waals surface area contributed by atoms with Gasteiger partial charge < -0.3 is 11.1 Å². The summed E-state index contributed by atoms with van der Waals surface area (Å²) in [6.45, 7) is 5.97. The van der Waals surface area contributed by atoms with Gasteiger partial charge in [-0.1, -0.05) is 13.8 Å². The van der Waals surface area contributed by atoms with Gasteiger partial charge in [0.25, 0.3) is 5.91 Å². The van der Waals surface area contributed by atoms with E-state index in [0.717, 1.165) is 19.5 Å².